The van der Waals surface area contributed by atoms with Crippen LogP contribution in [0, 0.1) is 6.92 Å². The molecule has 204 valence electrons. The van der Waals surface area contributed by atoms with Gasteiger partial charge in [-0.25, -0.2) is 4.98 Å². The molecule has 15 heteroatoms. The Morgan fingerprint density at radius 2 is 1.95 bits per heavy atom. The first-order chi connectivity index (χ1) is 17.6. The highest BCUT2D eigenvalue weighted by atomic mass is 32.1. The summed E-state index contributed by atoms with van der Waals surface area (Å²) in [5.41, 5.74) is 0.575. The molecule has 2 aromatic rings. The van der Waals surface area contributed by atoms with E-state index in [1.807, 2.05) is 19.0 Å². The van der Waals surface area contributed by atoms with Crippen LogP contribution in [-0.2, 0) is 9.53 Å². The molecule has 3 heterocycles. The van der Waals surface area contributed by atoms with E-state index in [-0.39, 0.29) is 21.4 Å². The minimum atomic E-state index is -1.66. The van der Waals surface area contributed by atoms with Crippen LogP contribution in [0.3, 0.4) is 0 Å². The lowest BCUT2D eigenvalue weighted by molar-refractivity contribution is -0.251. The Kier molecular flexibility index (Phi) is 9.72. The van der Waals surface area contributed by atoms with Crippen LogP contribution < -0.4 is 16.0 Å². The van der Waals surface area contributed by atoms with Gasteiger partial charge in [-0.2, -0.15) is 0 Å². The average molecular weight is 541 g/mol. The van der Waals surface area contributed by atoms with Crippen LogP contribution >= 0.6 is 11.3 Å². The van der Waals surface area contributed by atoms with Crippen molar-refractivity contribution in [2.75, 3.05) is 44.4 Å². The number of nitrogens with zero attached hydrogens (tertiary/aromatic N) is 3. The van der Waals surface area contributed by atoms with E-state index in [0.717, 1.165) is 17.9 Å². The zero-order chi connectivity index (χ0) is 27.3. The third kappa shape index (κ3) is 6.70. The van der Waals surface area contributed by atoms with Gasteiger partial charge in [-0.15, -0.1) is 0 Å². The van der Waals surface area contributed by atoms with Crippen molar-refractivity contribution in [3.05, 3.63) is 28.5 Å². The van der Waals surface area contributed by atoms with E-state index >= 15 is 0 Å². The van der Waals surface area contributed by atoms with Crippen molar-refractivity contribution in [1.29, 1.82) is 0 Å². The molecule has 7 N–H and O–H groups in total. The highest BCUT2D eigenvalue weighted by Gasteiger charge is 2.45. The van der Waals surface area contributed by atoms with Crippen LogP contribution in [0.5, 0.6) is 0 Å². The molecule has 1 aliphatic heterocycles. The zero-order valence-corrected chi connectivity index (χ0v) is 21.4. The number of thiazole rings is 1. The first-order valence-electron chi connectivity index (χ1n) is 11.5. The van der Waals surface area contributed by atoms with Crippen LogP contribution in [0.2, 0.25) is 0 Å². The van der Waals surface area contributed by atoms with Crippen LogP contribution in [-0.4, -0.2) is 111 Å². The standard InChI is InChI=1S/C22H32N6O8S/c1-11-18(37-22(25-11)24-10-30)20(35)26-12-7-13(19(34)23-5-4-6-27(2)3)28(8-12)21-17(33)16(32)15(31)14(9-29)36-21/h7-8,10,14-17,21,29,31-33H,4-6,9H2,1-3H3,(H,23,34)(H,26,35)(H,24,25,30)/t14-,15-,16+,17-,21+/m1/s1. The number of anilines is 2. The molecule has 2 aromatic heterocycles. The number of aliphatic hydroxyl groups is 4. The maximum atomic E-state index is 13.0. The Morgan fingerprint density at radius 3 is 2.59 bits per heavy atom. The second kappa shape index (κ2) is 12.6. The number of carbonyl (C=O) groups is 3. The van der Waals surface area contributed by atoms with Crippen LogP contribution in [0.25, 0.3) is 0 Å². The minimum absolute atomic E-state index is 0.00817. The molecular weight excluding hydrogens is 508 g/mol. The molecule has 0 aliphatic carbocycles. The summed E-state index contributed by atoms with van der Waals surface area (Å²) in [6.45, 7) is 2.06. The van der Waals surface area contributed by atoms with E-state index in [9.17, 15) is 34.8 Å². The number of aryl methyl sites for hydroxylation is 1. The van der Waals surface area contributed by atoms with Crippen molar-refractivity contribution in [1.82, 2.24) is 19.8 Å². The molecule has 0 spiro atoms. The summed E-state index contributed by atoms with van der Waals surface area (Å²) in [5.74, 6) is -1.07. The quantitative estimate of drug-likeness (QED) is 0.133. The molecule has 0 aromatic carbocycles. The van der Waals surface area contributed by atoms with Crippen LogP contribution in [0.1, 0.15) is 38.5 Å². The van der Waals surface area contributed by atoms with E-state index < -0.39 is 49.1 Å². The molecule has 0 unspecified atom stereocenters. The maximum Gasteiger partial charge on any atom is 0.268 e. The smallest absolute Gasteiger partial charge is 0.268 e. The Bertz CT molecular complexity index is 1100. The van der Waals surface area contributed by atoms with Gasteiger partial charge in [0.05, 0.1) is 18.0 Å². The maximum absolute atomic E-state index is 13.0. The first-order valence-corrected chi connectivity index (χ1v) is 12.3. The lowest BCUT2D eigenvalue weighted by atomic mass is 9.98. The number of aliphatic hydroxyl groups excluding tert-OH is 4. The van der Waals surface area contributed by atoms with Gasteiger partial charge in [0.25, 0.3) is 11.8 Å². The fraction of sp³-hybridized carbons (Fsp3) is 0.545. The number of ether oxygens (including phenoxy) is 1. The predicted octanol–water partition coefficient (Wildman–Crippen LogP) is -1.27. The topological polar surface area (TPSA) is 199 Å². The SMILES string of the molecule is Cc1nc(NC=O)sc1C(=O)Nc1cc(C(=O)NCCCN(C)C)n([C@H]2O[C@H](CO)[C@@H](O)[C@H](O)[C@H]2O)c1. The third-order valence-corrected chi connectivity index (χ3v) is 6.82. The van der Waals surface area contributed by atoms with Gasteiger partial charge in [-0.05, 0) is 40.1 Å². The van der Waals surface area contributed by atoms with E-state index in [1.165, 1.54) is 16.8 Å². The molecule has 3 rings (SSSR count). The minimum Gasteiger partial charge on any atom is -0.394 e. The third-order valence-electron chi connectivity index (χ3n) is 5.73. The van der Waals surface area contributed by atoms with E-state index in [1.54, 1.807) is 6.92 Å². The van der Waals surface area contributed by atoms with E-state index in [4.69, 9.17) is 4.74 Å². The van der Waals surface area contributed by atoms with Crippen molar-refractivity contribution in [3.63, 3.8) is 0 Å². The summed E-state index contributed by atoms with van der Waals surface area (Å²) < 4.78 is 6.86. The van der Waals surface area contributed by atoms with Gasteiger partial charge >= 0.3 is 0 Å². The van der Waals surface area contributed by atoms with Crippen LogP contribution in [0.15, 0.2) is 12.3 Å². The molecular formula is C22H32N6O8S. The van der Waals surface area contributed by atoms with Gasteiger partial charge in [0.1, 0.15) is 35.0 Å². The molecule has 0 bridgehead atoms. The summed E-state index contributed by atoms with van der Waals surface area (Å²) in [4.78, 5) is 42.9. The highest BCUT2D eigenvalue weighted by Crippen LogP contribution is 2.32. The van der Waals surface area contributed by atoms with Gasteiger partial charge in [-0.3, -0.25) is 14.4 Å². The Balaban J connectivity index is 1.89. The lowest BCUT2D eigenvalue weighted by Gasteiger charge is -2.40. The van der Waals surface area contributed by atoms with E-state index in [0.29, 0.717) is 25.1 Å². The molecule has 5 atom stereocenters. The van der Waals surface area contributed by atoms with Gasteiger partial charge in [-0.1, -0.05) is 11.3 Å². The van der Waals surface area contributed by atoms with E-state index in [2.05, 4.69) is 20.9 Å². The van der Waals surface area contributed by atoms with Crippen molar-refractivity contribution in [2.45, 2.75) is 44.0 Å². The number of rotatable bonds is 11. The number of amides is 3. The van der Waals surface area contributed by atoms with Crippen molar-refractivity contribution in [3.8, 4) is 0 Å². The predicted molar refractivity (Wildman–Crippen MR) is 133 cm³/mol. The molecule has 0 radical (unpaired) electrons. The Morgan fingerprint density at radius 1 is 1.22 bits per heavy atom. The molecule has 14 nitrogen and oxygen atoms in total. The summed E-state index contributed by atoms with van der Waals surface area (Å²) in [6, 6.07) is 1.38. The van der Waals surface area contributed by atoms with Crippen LogP contribution in [0.4, 0.5) is 10.8 Å². The number of nitrogens with one attached hydrogen (secondary N) is 3. The largest absolute Gasteiger partial charge is 0.394 e. The second-order valence-electron chi connectivity index (χ2n) is 8.80. The molecule has 1 fully saturated rings. The van der Waals surface area contributed by atoms with Crippen molar-refractivity contribution < 1.29 is 39.5 Å². The fourth-order valence-corrected chi connectivity index (χ4v) is 4.67. The number of carbonyl (C=O) groups excluding carboxylic acids is 3. The van der Waals surface area contributed by atoms with Crippen molar-refractivity contribution in [2.24, 2.45) is 0 Å². The molecule has 1 saturated heterocycles. The molecule has 0 saturated carbocycles. The summed E-state index contributed by atoms with van der Waals surface area (Å²) >= 11 is 0.968. The summed E-state index contributed by atoms with van der Waals surface area (Å²) in [5, 5.41) is 48.6. The first kappa shape index (κ1) is 28.6. The van der Waals surface area contributed by atoms with Crippen molar-refractivity contribution >= 4 is 40.4 Å². The van der Waals surface area contributed by atoms with Gasteiger partial charge in [0.15, 0.2) is 11.4 Å². The fourth-order valence-electron chi connectivity index (χ4n) is 3.85. The van der Waals surface area contributed by atoms with Gasteiger partial charge < -0.3 is 50.6 Å². The number of aromatic nitrogens is 2. The molecule has 3 amide bonds. The number of hydrogen-bond acceptors (Lipinski definition) is 11. The Hall–Kier alpha value is -2.92. The van der Waals surface area contributed by atoms with Gasteiger partial charge in [0.2, 0.25) is 6.41 Å². The summed E-state index contributed by atoms with van der Waals surface area (Å²) in [7, 11) is 3.81. The monoisotopic (exact) mass is 540 g/mol. The average Bonchev–Trinajstić information content (AvgIpc) is 3.43. The normalized spacial score (nSPS) is 23.6. The number of hydrogen-bond donors (Lipinski definition) is 7. The summed E-state index contributed by atoms with van der Waals surface area (Å²) in [6.07, 6.45) is -4.95. The second-order valence-corrected chi connectivity index (χ2v) is 9.80. The van der Waals surface area contributed by atoms with Gasteiger partial charge in [0, 0.05) is 12.7 Å². The Labute approximate surface area is 216 Å². The zero-order valence-electron chi connectivity index (χ0n) is 20.6. The molecule has 37 heavy (non-hydrogen) atoms. The molecule has 1 aliphatic rings. The lowest BCUT2D eigenvalue weighted by Crippen LogP contribution is -2.56. The highest BCUT2D eigenvalue weighted by molar-refractivity contribution is 7.17.